The molecule has 1 saturated heterocycles. The zero-order valence-corrected chi connectivity index (χ0v) is 18.8. The number of aromatic hydroxyl groups is 1. The van der Waals surface area contributed by atoms with Crippen LogP contribution >= 0.6 is 0 Å². The Balaban J connectivity index is 1.98. The molecule has 7 nitrogen and oxygen atoms in total. The van der Waals surface area contributed by atoms with Gasteiger partial charge in [-0.25, -0.2) is 0 Å². The van der Waals surface area contributed by atoms with Crippen LogP contribution in [0.4, 0.5) is 5.69 Å². The molecule has 0 bridgehead atoms. The fourth-order valence-electron chi connectivity index (χ4n) is 4.19. The van der Waals surface area contributed by atoms with E-state index >= 15 is 0 Å². The molecule has 7 heteroatoms. The number of hydrogen-bond acceptors (Lipinski definition) is 6. The third kappa shape index (κ3) is 3.65. The Hall–Kier alpha value is -4.00. The molecule has 0 aliphatic carbocycles. The van der Waals surface area contributed by atoms with Crippen LogP contribution in [0, 0.1) is 6.92 Å². The highest BCUT2D eigenvalue weighted by Crippen LogP contribution is 2.45. The second kappa shape index (κ2) is 8.50. The zero-order valence-electron chi connectivity index (χ0n) is 18.8. The van der Waals surface area contributed by atoms with Crippen LogP contribution in [0.2, 0.25) is 0 Å². The van der Waals surface area contributed by atoms with Gasteiger partial charge in [0.1, 0.15) is 29.1 Å². The van der Waals surface area contributed by atoms with Crippen molar-refractivity contribution in [3.63, 3.8) is 0 Å². The number of phenols is 1. The quantitative estimate of drug-likeness (QED) is 0.322. The lowest BCUT2D eigenvalue weighted by Crippen LogP contribution is -2.29. The maximum atomic E-state index is 13.2. The summed E-state index contributed by atoms with van der Waals surface area (Å²) in [6, 6.07) is 12.0. The number of carbonyl (C=O) groups excluding carboxylic acids is 2. The highest BCUT2D eigenvalue weighted by Gasteiger charge is 2.49. The van der Waals surface area contributed by atoms with Gasteiger partial charge in [0, 0.05) is 5.56 Å². The molecule has 33 heavy (non-hydrogen) atoms. The molecule has 1 atom stereocenters. The summed E-state index contributed by atoms with van der Waals surface area (Å²) in [5.74, 6) is -1.15. The molecule has 1 fully saturated rings. The van der Waals surface area contributed by atoms with Crippen molar-refractivity contribution in [1.29, 1.82) is 0 Å². The van der Waals surface area contributed by atoms with Crippen molar-refractivity contribution >= 4 is 23.1 Å². The number of amides is 1. The number of methoxy groups -OCH3 is 1. The number of rotatable bonds is 5. The predicted octanol–water partition coefficient (Wildman–Crippen LogP) is 5.05. The summed E-state index contributed by atoms with van der Waals surface area (Å²) in [6.45, 7) is 5.79. The first-order valence-corrected chi connectivity index (χ1v) is 10.6. The number of phenolic OH excluding ortho intramolecular Hbond substituents is 1. The molecule has 0 radical (unpaired) electrons. The average Bonchev–Trinajstić information content (AvgIpc) is 3.40. The largest absolute Gasteiger partial charge is 0.507 e. The van der Waals surface area contributed by atoms with Crippen molar-refractivity contribution < 1.29 is 29.0 Å². The highest BCUT2D eigenvalue weighted by molar-refractivity contribution is 6.51. The normalized spacial score (nSPS) is 17.7. The lowest BCUT2D eigenvalue weighted by Gasteiger charge is -2.24. The maximum absolute atomic E-state index is 13.2. The van der Waals surface area contributed by atoms with Crippen molar-refractivity contribution in [2.75, 3.05) is 12.0 Å². The number of carbonyl (C=O) groups is 2. The topological polar surface area (TPSA) is 100 Å². The fraction of sp³-hybridized carbons (Fsp3) is 0.231. The minimum Gasteiger partial charge on any atom is -0.507 e. The van der Waals surface area contributed by atoms with Crippen LogP contribution in [0.25, 0.3) is 5.76 Å². The van der Waals surface area contributed by atoms with Gasteiger partial charge in [-0.3, -0.25) is 14.5 Å². The van der Waals surface area contributed by atoms with Crippen LogP contribution in [-0.4, -0.2) is 29.0 Å². The maximum Gasteiger partial charge on any atom is 0.300 e. The Morgan fingerprint density at radius 1 is 1.12 bits per heavy atom. The van der Waals surface area contributed by atoms with Gasteiger partial charge < -0.3 is 19.4 Å². The summed E-state index contributed by atoms with van der Waals surface area (Å²) in [4.78, 5) is 27.5. The molecule has 0 saturated carbocycles. The van der Waals surface area contributed by atoms with E-state index in [2.05, 4.69) is 0 Å². The van der Waals surface area contributed by atoms with E-state index in [0.717, 1.165) is 10.5 Å². The van der Waals surface area contributed by atoms with E-state index < -0.39 is 17.7 Å². The van der Waals surface area contributed by atoms with Gasteiger partial charge in [-0.15, -0.1) is 0 Å². The summed E-state index contributed by atoms with van der Waals surface area (Å²) in [5, 5.41) is 21.8. The lowest BCUT2D eigenvalue weighted by molar-refractivity contribution is -0.132. The lowest BCUT2D eigenvalue weighted by atomic mass is 9.92. The molecule has 170 valence electrons. The van der Waals surface area contributed by atoms with Crippen LogP contribution in [0.1, 0.15) is 48.3 Å². The van der Waals surface area contributed by atoms with Crippen molar-refractivity contribution in [3.8, 4) is 11.5 Å². The summed E-state index contributed by atoms with van der Waals surface area (Å²) < 4.78 is 11.0. The molecule has 4 rings (SSSR count). The van der Waals surface area contributed by atoms with Crippen molar-refractivity contribution in [2.24, 2.45) is 0 Å². The van der Waals surface area contributed by atoms with E-state index in [1.165, 1.54) is 18.4 Å². The number of aliphatic hydroxyl groups excluding tert-OH is 1. The first kappa shape index (κ1) is 22.2. The van der Waals surface area contributed by atoms with Crippen LogP contribution in [-0.2, 0) is 9.59 Å². The number of ketones is 1. The second-order valence-electron chi connectivity index (χ2n) is 8.24. The van der Waals surface area contributed by atoms with Gasteiger partial charge in [-0.05, 0) is 60.4 Å². The summed E-state index contributed by atoms with van der Waals surface area (Å²) in [7, 11) is 1.58. The molecule has 1 amide bonds. The van der Waals surface area contributed by atoms with Gasteiger partial charge in [0.25, 0.3) is 11.7 Å². The van der Waals surface area contributed by atoms with Gasteiger partial charge in [0.2, 0.25) is 0 Å². The number of anilines is 1. The Kier molecular flexibility index (Phi) is 5.72. The Morgan fingerprint density at radius 2 is 1.85 bits per heavy atom. The van der Waals surface area contributed by atoms with Gasteiger partial charge in [0.05, 0.1) is 24.6 Å². The molecule has 2 N–H and O–H groups in total. The first-order valence-electron chi connectivity index (χ1n) is 10.6. The Bertz CT molecular complexity index is 1260. The number of para-hydroxylation sites is 2. The summed E-state index contributed by atoms with van der Waals surface area (Å²) >= 11 is 0. The number of hydrogen-bond donors (Lipinski definition) is 2. The number of ether oxygens (including phenoxy) is 1. The number of benzene rings is 2. The summed E-state index contributed by atoms with van der Waals surface area (Å²) in [6.07, 6.45) is 1.43. The first-order chi connectivity index (χ1) is 15.8. The van der Waals surface area contributed by atoms with Crippen LogP contribution in [0.5, 0.6) is 11.5 Å². The molecule has 0 spiro atoms. The minimum atomic E-state index is -1.04. The number of furan rings is 1. The number of Topliss-reactive ketones (excluding diaryl/α,β-unsaturated/α-hetero) is 1. The predicted molar refractivity (Wildman–Crippen MR) is 123 cm³/mol. The van der Waals surface area contributed by atoms with Gasteiger partial charge in [-0.2, -0.15) is 0 Å². The molecule has 2 heterocycles. The number of aryl methyl sites for hydroxylation is 1. The van der Waals surface area contributed by atoms with Crippen molar-refractivity contribution in [3.05, 3.63) is 82.8 Å². The smallest absolute Gasteiger partial charge is 0.300 e. The van der Waals surface area contributed by atoms with E-state index in [9.17, 15) is 19.8 Å². The SMILES string of the molecule is COc1cc(C)c(/C(O)=C2\C(=O)C(=O)N(c3ccccc3O)C2c2ccco2)cc1C(C)C. The monoisotopic (exact) mass is 447 g/mol. The summed E-state index contributed by atoms with van der Waals surface area (Å²) in [5.41, 5.74) is 2.00. The Labute approximate surface area is 191 Å². The standard InChI is InChI=1S/C26H25NO6/c1-14(2)16-13-17(15(3)12-21(16)32-4)24(29)22-23(20-10-7-11-33-20)27(26(31)25(22)30)18-8-5-6-9-19(18)28/h5-14,23,28-29H,1-4H3/b24-22+. The van der Waals surface area contributed by atoms with E-state index in [-0.39, 0.29) is 34.4 Å². The number of aliphatic hydroxyl groups is 1. The molecular formula is C26H25NO6. The highest BCUT2D eigenvalue weighted by atomic mass is 16.5. The van der Waals surface area contributed by atoms with Crippen molar-refractivity contribution in [2.45, 2.75) is 32.7 Å². The molecule has 2 aromatic carbocycles. The molecule has 1 aromatic heterocycles. The van der Waals surface area contributed by atoms with E-state index in [1.807, 2.05) is 13.8 Å². The molecule has 3 aromatic rings. The van der Waals surface area contributed by atoms with E-state index in [0.29, 0.717) is 16.9 Å². The third-order valence-electron chi connectivity index (χ3n) is 5.85. The second-order valence-corrected chi connectivity index (χ2v) is 8.24. The minimum absolute atomic E-state index is 0.0941. The van der Waals surface area contributed by atoms with Crippen LogP contribution < -0.4 is 9.64 Å². The van der Waals surface area contributed by atoms with Crippen LogP contribution in [0.3, 0.4) is 0 Å². The van der Waals surface area contributed by atoms with Gasteiger partial charge >= 0.3 is 0 Å². The molecule has 1 unspecified atom stereocenters. The van der Waals surface area contributed by atoms with E-state index in [1.54, 1.807) is 50.4 Å². The molecular weight excluding hydrogens is 422 g/mol. The molecule has 1 aliphatic rings. The van der Waals surface area contributed by atoms with E-state index in [4.69, 9.17) is 9.15 Å². The van der Waals surface area contributed by atoms with Crippen molar-refractivity contribution in [1.82, 2.24) is 0 Å². The number of nitrogens with zero attached hydrogens (tertiary/aromatic N) is 1. The fourth-order valence-corrected chi connectivity index (χ4v) is 4.19. The van der Waals surface area contributed by atoms with Gasteiger partial charge in [-0.1, -0.05) is 26.0 Å². The third-order valence-corrected chi connectivity index (χ3v) is 5.85. The zero-order chi connectivity index (χ0) is 23.9. The average molecular weight is 447 g/mol. The molecule has 1 aliphatic heterocycles. The van der Waals surface area contributed by atoms with Gasteiger partial charge in [0.15, 0.2) is 0 Å². The van der Waals surface area contributed by atoms with Crippen LogP contribution in [0.15, 0.2) is 64.8 Å². The Morgan fingerprint density at radius 3 is 2.45 bits per heavy atom.